The first-order chi connectivity index (χ1) is 15.5. The highest BCUT2D eigenvalue weighted by atomic mass is 32.1. The lowest BCUT2D eigenvalue weighted by molar-refractivity contribution is -0.112. The van der Waals surface area contributed by atoms with Crippen LogP contribution in [-0.4, -0.2) is 35.5 Å². The van der Waals surface area contributed by atoms with Crippen molar-refractivity contribution >= 4 is 39.5 Å². The normalized spacial score (nSPS) is 14.8. The predicted octanol–water partition coefficient (Wildman–Crippen LogP) is 4.80. The van der Waals surface area contributed by atoms with Crippen LogP contribution >= 0.6 is 11.3 Å². The molecule has 1 N–H and O–H groups in total. The number of carbonyl (C=O) groups excluding carboxylic acids is 1. The minimum Gasteiger partial charge on any atom is -0.497 e. The number of thiazole rings is 1. The first-order valence-electron chi connectivity index (χ1n) is 10.1. The summed E-state index contributed by atoms with van der Waals surface area (Å²) in [5.41, 5.74) is 6.03. The Kier molecular flexibility index (Phi) is 6.18. The zero-order chi connectivity index (χ0) is 22.7. The summed E-state index contributed by atoms with van der Waals surface area (Å²) in [4.78, 5) is 17.6. The number of nitrogens with one attached hydrogen (secondary N) is 1. The fourth-order valence-corrected chi connectivity index (χ4v) is 3.82. The number of hydrogen-bond donors (Lipinski definition) is 1. The summed E-state index contributed by atoms with van der Waals surface area (Å²) in [5, 5.41) is 12.3. The Morgan fingerprint density at radius 1 is 1.12 bits per heavy atom. The van der Waals surface area contributed by atoms with Gasteiger partial charge in [0.1, 0.15) is 11.5 Å². The van der Waals surface area contributed by atoms with Gasteiger partial charge in [0.25, 0.3) is 0 Å². The molecule has 0 spiro atoms. The maximum atomic E-state index is 13.0. The van der Waals surface area contributed by atoms with Crippen molar-refractivity contribution in [2.75, 3.05) is 17.5 Å². The summed E-state index contributed by atoms with van der Waals surface area (Å²) in [6.07, 6.45) is 0.0160. The number of hydrazone groups is 2. The molecule has 0 saturated heterocycles. The zero-order valence-corrected chi connectivity index (χ0v) is 19.0. The number of para-hydroxylation sites is 2. The number of hydrogen-bond acceptors (Lipinski definition) is 8. The van der Waals surface area contributed by atoms with Gasteiger partial charge in [-0.1, -0.05) is 12.1 Å². The van der Waals surface area contributed by atoms with Crippen molar-refractivity contribution in [3.05, 3.63) is 53.9 Å². The average molecular weight is 450 g/mol. The van der Waals surface area contributed by atoms with E-state index >= 15 is 0 Å². The second-order valence-corrected chi connectivity index (χ2v) is 8.12. The summed E-state index contributed by atoms with van der Waals surface area (Å²) in [6, 6.07) is 15.0. The van der Waals surface area contributed by atoms with Gasteiger partial charge in [-0.3, -0.25) is 10.2 Å². The molecule has 4 rings (SSSR count). The van der Waals surface area contributed by atoms with E-state index in [0.717, 1.165) is 17.0 Å². The average Bonchev–Trinajstić information content (AvgIpc) is 3.38. The third kappa shape index (κ3) is 4.47. The molecule has 1 aliphatic rings. The highest BCUT2D eigenvalue weighted by Gasteiger charge is 2.32. The van der Waals surface area contributed by atoms with E-state index in [0.29, 0.717) is 22.3 Å². The molecule has 1 aliphatic heterocycles. The van der Waals surface area contributed by atoms with Crippen molar-refractivity contribution in [1.82, 2.24) is 4.98 Å². The molecule has 164 valence electrons. The minimum atomic E-state index is -0.340. The molecule has 0 radical (unpaired) electrons. The second-order valence-electron chi connectivity index (χ2n) is 7.28. The Labute approximate surface area is 190 Å². The van der Waals surface area contributed by atoms with Crippen LogP contribution in [0, 0.1) is 0 Å². The third-order valence-electron chi connectivity index (χ3n) is 4.58. The Morgan fingerprint density at radius 3 is 2.59 bits per heavy atom. The lowest BCUT2D eigenvalue weighted by Gasteiger charge is -2.13. The molecule has 0 aliphatic carbocycles. The number of ether oxygens (including phenoxy) is 2. The van der Waals surface area contributed by atoms with Gasteiger partial charge >= 0.3 is 5.91 Å². The molecule has 0 fully saturated rings. The molecule has 3 aromatic rings. The van der Waals surface area contributed by atoms with Crippen LogP contribution in [-0.2, 0) is 4.79 Å². The fraction of sp³-hybridized carbons (Fsp3) is 0.217. The molecule has 0 bridgehead atoms. The van der Waals surface area contributed by atoms with Crippen molar-refractivity contribution in [1.29, 1.82) is 0 Å². The van der Waals surface area contributed by atoms with E-state index in [1.807, 2.05) is 67.8 Å². The largest absolute Gasteiger partial charge is 0.497 e. The van der Waals surface area contributed by atoms with E-state index < -0.39 is 0 Å². The first-order valence-corrected chi connectivity index (χ1v) is 10.9. The van der Waals surface area contributed by atoms with E-state index in [1.54, 1.807) is 14.0 Å². The van der Waals surface area contributed by atoms with Crippen LogP contribution in [0.2, 0.25) is 0 Å². The first kappa shape index (κ1) is 21.5. The monoisotopic (exact) mass is 449 g/mol. The molecule has 32 heavy (non-hydrogen) atoms. The Hall–Kier alpha value is -3.72. The number of aromatic nitrogens is 1. The zero-order valence-electron chi connectivity index (χ0n) is 18.2. The second kappa shape index (κ2) is 9.19. The summed E-state index contributed by atoms with van der Waals surface area (Å²) < 4.78 is 11.0. The molecule has 0 saturated carbocycles. The van der Waals surface area contributed by atoms with Gasteiger partial charge in [-0.15, -0.1) is 11.3 Å². The van der Waals surface area contributed by atoms with Gasteiger partial charge in [-0.2, -0.15) is 15.2 Å². The predicted molar refractivity (Wildman–Crippen MR) is 128 cm³/mol. The highest BCUT2D eigenvalue weighted by molar-refractivity contribution is 7.14. The van der Waals surface area contributed by atoms with E-state index in [4.69, 9.17) is 9.47 Å². The smallest absolute Gasteiger partial charge is 0.303 e. The fourth-order valence-electron chi connectivity index (χ4n) is 3.04. The summed E-state index contributed by atoms with van der Waals surface area (Å²) in [7, 11) is 1.62. The Morgan fingerprint density at radius 2 is 1.88 bits per heavy atom. The molecular formula is C23H23N5O3S. The van der Waals surface area contributed by atoms with Gasteiger partial charge in [0.05, 0.1) is 30.3 Å². The van der Waals surface area contributed by atoms with E-state index in [9.17, 15) is 4.79 Å². The number of benzene rings is 2. The van der Waals surface area contributed by atoms with Crippen LogP contribution in [0.25, 0.3) is 11.3 Å². The van der Waals surface area contributed by atoms with E-state index in [2.05, 4.69) is 20.6 Å². The summed E-state index contributed by atoms with van der Waals surface area (Å²) in [6.45, 7) is 5.64. The van der Waals surface area contributed by atoms with Crippen LogP contribution in [0.5, 0.6) is 11.5 Å². The number of nitrogens with zero attached hydrogens (tertiary/aromatic N) is 4. The molecular weight excluding hydrogens is 426 g/mol. The van der Waals surface area contributed by atoms with Crippen molar-refractivity contribution < 1.29 is 14.3 Å². The number of anilines is 2. The van der Waals surface area contributed by atoms with E-state index in [-0.39, 0.29) is 17.7 Å². The molecule has 2 heterocycles. The quantitative estimate of drug-likeness (QED) is 0.524. The maximum absolute atomic E-state index is 13.0. The van der Waals surface area contributed by atoms with Crippen LogP contribution < -0.4 is 19.9 Å². The maximum Gasteiger partial charge on any atom is 0.303 e. The molecule has 9 heteroatoms. The number of amides is 1. The summed E-state index contributed by atoms with van der Waals surface area (Å²) in [5.74, 6) is 1.09. The Balaban J connectivity index is 1.52. The molecule has 2 aromatic carbocycles. The van der Waals surface area contributed by atoms with E-state index in [1.165, 1.54) is 16.3 Å². The standard InChI is InChI=1S/C23H23N5O3S/c1-14(2)31-20-8-6-5-7-18(20)25-26-21-15(3)27-28(22(21)29)23-24-19(13-32-23)16-9-11-17(30-4)12-10-16/h5-14,25H,1-4H3/b26-21+. The van der Waals surface area contributed by atoms with Gasteiger partial charge in [-0.05, 0) is 57.2 Å². The molecule has 1 aromatic heterocycles. The third-order valence-corrected chi connectivity index (χ3v) is 5.40. The molecule has 8 nitrogen and oxygen atoms in total. The van der Waals surface area contributed by atoms with Gasteiger partial charge in [0.15, 0.2) is 5.71 Å². The topological polar surface area (TPSA) is 88.4 Å². The highest BCUT2D eigenvalue weighted by Crippen LogP contribution is 2.30. The van der Waals surface area contributed by atoms with Gasteiger partial charge < -0.3 is 9.47 Å². The SMILES string of the molecule is COc1ccc(-c2csc(N3N=C(C)/C(=N\Nc4ccccc4OC(C)C)C3=O)n2)cc1. The van der Waals surface area contributed by atoms with Crippen LogP contribution in [0.15, 0.2) is 64.1 Å². The number of rotatable bonds is 7. The molecule has 0 atom stereocenters. The van der Waals surface area contributed by atoms with Crippen molar-refractivity contribution in [2.45, 2.75) is 26.9 Å². The van der Waals surface area contributed by atoms with Crippen molar-refractivity contribution in [3.8, 4) is 22.8 Å². The van der Waals surface area contributed by atoms with Crippen LogP contribution in [0.3, 0.4) is 0 Å². The van der Waals surface area contributed by atoms with Crippen molar-refractivity contribution in [3.63, 3.8) is 0 Å². The minimum absolute atomic E-state index is 0.0160. The van der Waals surface area contributed by atoms with Gasteiger partial charge in [0, 0.05) is 10.9 Å². The molecule has 1 amide bonds. The number of methoxy groups -OCH3 is 1. The van der Waals surface area contributed by atoms with Gasteiger partial charge in [0.2, 0.25) is 5.13 Å². The van der Waals surface area contributed by atoms with Crippen LogP contribution in [0.1, 0.15) is 20.8 Å². The summed E-state index contributed by atoms with van der Waals surface area (Å²) >= 11 is 1.34. The lowest BCUT2D eigenvalue weighted by atomic mass is 10.2. The number of carbonyl (C=O) groups is 1. The molecule has 0 unspecified atom stereocenters. The Bertz CT molecular complexity index is 1180. The lowest BCUT2D eigenvalue weighted by Crippen LogP contribution is -2.27. The van der Waals surface area contributed by atoms with Crippen molar-refractivity contribution in [2.24, 2.45) is 10.2 Å². The van der Waals surface area contributed by atoms with Crippen LogP contribution in [0.4, 0.5) is 10.8 Å². The van der Waals surface area contributed by atoms with Gasteiger partial charge in [-0.25, -0.2) is 4.98 Å².